The molecule has 1 fully saturated rings. The second kappa shape index (κ2) is 8.89. The van der Waals surface area contributed by atoms with Crippen molar-refractivity contribution in [3.63, 3.8) is 0 Å². The number of nitrogens with one attached hydrogen (secondary N) is 1. The number of urea groups is 1. The Bertz CT molecular complexity index is 528. The molecule has 2 N–H and O–H groups in total. The van der Waals surface area contributed by atoms with Gasteiger partial charge in [0.05, 0.1) is 12.2 Å². The van der Waals surface area contributed by atoms with E-state index in [0.29, 0.717) is 24.6 Å². The van der Waals surface area contributed by atoms with Crippen LogP contribution in [0.4, 0.5) is 10.5 Å². The first-order valence-electron chi connectivity index (χ1n) is 8.56. The van der Waals surface area contributed by atoms with Crippen molar-refractivity contribution < 1.29 is 19.4 Å². The minimum atomic E-state index is -0.570. The van der Waals surface area contributed by atoms with E-state index in [9.17, 15) is 9.90 Å². The summed E-state index contributed by atoms with van der Waals surface area (Å²) in [6, 6.07) is 7.08. The SMILES string of the molecule is CC(C)N(C[C@@H](C)O)C(=O)Nc1cccc(OC[C@H]2CCCO2)c1. The van der Waals surface area contributed by atoms with Gasteiger partial charge in [-0.3, -0.25) is 0 Å². The number of carbonyl (C=O) groups excluding carboxylic acids is 1. The van der Waals surface area contributed by atoms with Crippen LogP contribution in [0.15, 0.2) is 24.3 Å². The molecule has 0 bridgehead atoms. The molecule has 2 rings (SSSR count). The van der Waals surface area contributed by atoms with Crippen molar-refractivity contribution in [2.45, 2.75) is 51.9 Å². The van der Waals surface area contributed by atoms with E-state index in [-0.39, 0.29) is 18.2 Å². The molecule has 0 spiro atoms. The zero-order valence-corrected chi connectivity index (χ0v) is 14.7. The summed E-state index contributed by atoms with van der Waals surface area (Å²) in [6.07, 6.45) is 1.70. The Morgan fingerprint density at radius 1 is 1.46 bits per heavy atom. The van der Waals surface area contributed by atoms with Crippen molar-refractivity contribution in [1.29, 1.82) is 0 Å². The molecular weight excluding hydrogens is 308 g/mol. The lowest BCUT2D eigenvalue weighted by Gasteiger charge is -2.28. The monoisotopic (exact) mass is 336 g/mol. The van der Waals surface area contributed by atoms with Gasteiger partial charge in [-0.15, -0.1) is 0 Å². The number of amides is 2. The molecule has 6 nitrogen and oxygen atoms in total. The van der Waals surface area contributed by atoms with Crippen molar-refractivity contribution in [1.82, 2.24) is 4.90 Å². The topological polar surface area (TPSA) is 71.0 Å². The van der Waals surface area contributed by atoms with Gasteiger partial charge in [0.1, 0.15) is 12.4 Å². The molecular formula is C18H28N2O4. The molecule has 0 aliphatic carbocycles. The summed E-state index contributed by atoms with van der Waals surface area (Å²) in [5.41, 5.74) is 0.668. The van der Waals surface area contributed by atoms with Crippen LogP contribution in [0.25, 0.3) is 0 Å². The van der Waals surface area contributed by atoms with Gasteiger partial charge in [0.2, 0.25) is 0 Å². The summed E-state index contributed by atoms with van der Waals surface area (Å²) in [4.78, 5) is 14.0. The largest absolute Gasteiger partial charge is 0.491 e. The summed E-state index contributed by atoms with van der Waals surface area (Å²) in [7, 11) is 0. The second-order valence-electron chi connectivity index (χ2n) is 6.50. The number of ether oxygens (including phenoxy) is 2. The third kappa shape index (κ3) is 5.69. The highest BCUT2D eigenvalue weighted by molar-refractivity contribution is 5.89. The molecule has 0 aromatic heterocycles. The highest BCUT2D eigenvalue weighted by Gasteiger charge is 2.19. The number of nitrogens with zero attached hydrogens (tertiary/aromatic N) is 1. The van der Waals surface area contributed by atoms with Gasteiger partial charge in [0.15, 0.2) is 0 Å². The number of rotatable bonds is 7. The van der Waals surface area contributed by atoms with Gasteiger partial charge in [-0.25, -0.2) is 4.79 Å². The second-order valence-corrected chi connectivity index (χ2v) is 6.50. The fourth-order valence-corrected chi connectivity index (χ4v) is 2.64. The molecule has 1 aromatic rings. The van der Waals surface area contributed by atoms with Crippen LogP contribution in [0, 0.1) is 0 Å². The molecule has 1 aliphatic heterocycles. The third-order valence-electron chi connectivity index (χ3n) is 3.89. The summed E-state index contributed by atoms with van der Waals surface area (Å²) in [6.45, 7) is 7.13. The van der Waals surface area contributed by atoms with Crippen molar-refractivity contribution in [3.05, 3.63) is 24.3 Å². The van der Waals surface area contributed by atoms with E-state index < -0.39 is 6.10 Å². The summed E-state index contributed by atoms with van der Waals surface area (Å²) in [5.74, 6) is 0.704. The van der Waals surface area contributed by atoms with Crippen LogP contribution in [0.3, 0.4) is 0 Å². The Labute approximate surface area is 143 Å². The van der Waals surface area contributed by atoms with Gasteiger partial charge in [-0.2, -0.15) is 0 Å². The molecule has 1 aromatic carbocycles. The Morgan fingerprint density at radius 2 is 2.25 bits per heavy atom. The molecule has 2 atom stereocenters. The summed E-state index contributed by atoms with van der Waals surface area (Å²) < 4.78 is 11.3. The normalized spacial score (nSPS) is 18.5. The number of benzene rings is 1. The van der Waals surface area contributed by atoms with E-state index in [1.807, 2.05) is 32.0 Å². The van der Waals surface area contributed by atoms with Gasteiger partial charge < -0.3 is 24.8 Å². The number of hydrogen-bond donors (Lipinski definition) is 2. The van der Waals surface area contributed by atoms with Gasteiger partial charge in [-0.05, 0) is 45.7 Å². The van der Waals surface area contributed by atoms with E-state index in [1.54, 1.807) is 17.9 Å². The van der Waals surface area contributed by atoms with Crippen molar-refractivity contribution in [2.24, 2.45) is 0 Å². The molecule has 6 heteroatoms. The maximum Gasteiger partial charge on any atom is 0.322 e. The molecule has 0 radical (unpaired) electrons. The number of carbonyl (C=O) groups is 1. The number of aliphatic hydroxyl groups is 1. The first-order valence-corrected chi connectivity index (χ1v) is 8.56. The predicted octanol–water partition coefficient (Wildman–Crippen LogP) is 2.87. The van der Waals surface area contributed by atoms with E-state index >= 15 is 0 Å². The molecule has 1 aliphatic rings. The van der Waals surface area contributed by atoms with E-state index in [2.05, 4.69) is 5.32 Å². The highest BCUT2D eigenvalue weighted by Crippen LogP contribution is 2.20. The highest BCUT2D eigenvalue weighted by atomic mass is 16.5. The van der Waals surface area contributed by atoms with Crippen molar-refractivity contribution in [3.8, 4) is 5.75 Å². The van der Waals surface area contributed by atoms with Crippen LogP contribution < -0.4 is 10.1 Å². The van der Waals surface area contributed by atoms with Crippen LogP contribution >= 0.6 is 0 Å². The van der Waals surface area contributed by atoms with Crippen LogP contribution in [0.2, 0.25) is 0 Å². The first kappa shape index (κ1) is 18.5. The molecule has 0 unspecified atom stereocenters. The van der Waals surface area contributed by atoms with Crippen molar-refractivity contribution in [2.75, 3.05) is 25.1 Å². The fraction of sp³-hybridized carbons (Fsp3) is 0.611. The maximum atomic E-state index is 12.4. The van der Waals surface area contributed by atoms with Gasteiger partial charge in [-0.1, -0.05) is 6.07 Å². The average Bonchev–Trinajstić information content (AvgIpc) is 3.04. The lowest BCUT2D eigenvalue weighted by Crippen LogP contribution is -2.43. The fourth-order valence-electron chi connectivity index (χ4n) is 2.64. The Balaban J connectivity index is 1.93. The Morgan fingerprint density at radius 3 is 2.88 bits per heavy atom. The smallest absolute Gasteiger partial charge is 0.322 e. The molecule has 2 amide bonds. The molecule has 0 saturated carbocycles. The molecule has 1 heterocycles. The minimum Gasteiger partial charge on any atom is -0.491 e. The van der Waals surface area contributed by atoms with Crippen molar-refractivity contribution >= 4 is 11.7 Å². The standard InChI is InChI=1S/C18H28N2O4/c1-13(2)20(11-14(3)21)18(22)19-15-6-4-7-16(10-15)24-12-17-8-5-9-23-17/h4,6-7,10,13-14,17,21H,5,8-9,11-12H2,1-3H3,(H,19,22)/t14-,17-/m1/s1. The maximum absolute atomic E-state index is 12.4. The minimum absolute atomic E-state index is 0.00134. The van der Waals surface area contributed by atoms with E-state index in [0.717, 1.165) is 19.4 Å². The van der Waals surface area contributed by atoms with E-state index in [4.69, 9.17) is 9.47 Å². The zero-order valence-electron chi connectivity index (χ0n) is 14.7. The number of hydrogen-bond acceptors (Lipinski definition) is 4. The molecule has 1 saturated heterocycles. The summed E-state index contributed by atoms with van der Waals surface area (Å²) >= 11 is 0. The molecule has 134 valence electrons. The number of aliphatic hydroxyl groups excluding tert-OH is 1. The zero-order chi connectivity index (χ0) is 17.5. The molecule has 24 heavy (non-hydrogen) atoms. The number of anilines is 1. The lowest BCUT2D eigenvalue weighted by molar-refractivity contribution is 0.0680. The third-order valence-corrected chi connectivity index (χ3v) is 3.89. The van der Waals surface area contributed by atoms with Gasteiger partial charge in [0, 0.05) is 30.9 Å². The lowest BCUT2D eigenvalue weighted by atomic mass is 10.2. The summed E-state index contributed by atoms with van der Waals surface area (Å²) in [5, 5.41) is 12.4. The first-order chi connectivity index (χ1) is 11.5. The van der Waals surface area contributed by atoms with Crippen LogP contribution in [0.1, 0.15) is 33.6 Å². The van der Waals surface area contributed by atoms with Gasteiger partial charge >= 0.3 is 6.03 Å². The average molecular weight is 336 g/mol. The Hall–Kier alpha value is -1.79. The predicted molar refractivity (Wildman–Crippen MR) is 93.5 cm³/mol. The van der Waals surface area contributed by atoms with Crippen LogP contribution in [-0.4, -0.2) is 54.0 Å². The van der Waals surface area contributed by atoms with Crippen LogP contribution in [0.5, 0.6) is 5.75 Å². The van der Waals surface area contributed by atoms with E-state index in [1.165, 1.54) is 0 Å². The van der Waals surface area contributed by atoms with Gasteiger partial charge in [0.25, 0.3) is 0 Å². The quantitative estimate of drug-likeness (QED) is 0.803. The Kier molecular flexibility index (Phi) is 6.87. The van der Waals surface area contributed by atoms with Crippen LogP contribution in [-0.2, 0) is 4.74 Å².